The summed E-state index contributed by atoms with van der Waals surface area (Å²) in [6.45, 7) is 31.4. The van der Waals surface area contributed by atoms with Crippen molar-refractivity contribution < 1.29 is 0 Å². The Kier molecular flexibility index (Phi) is 14.4. The zero-order valence-electron chi connectivity index (χ0n) is 33.9. The Morgan fingerprint density at radius 1 is 0.396 bits per heavy atom. The van der Waals surface area contributed by atoms with Crippen LogP contribution in [0.15, 0.2) is 24.3 Å². The van der Waals surface area contributed by atoms with E-state index in [1.54, 1.807) is 0 Å². The van der Waals surface area contributed by atoms with Crippen molar-refractivity contribution in [1.82, 2.24) is 0 Å². The molecule has 4 aliphatic carbocycles. The van der Waals surface area contributed by atoms with Crippen LogP contribution in [-0.4, -0.2) is 29.3 Å². The van der Waals surface area contributed by atoms with E-state index in [4.69, 9.17) is 0 Å². The molecule has 4 saturated carbocycles. The summed E-state index contributed by atoms with van der Waals surface area (Å²) in [7, 11) is 0. The number of benzene rings is 1. The Morgan fingerprint density at radius 3 is 0.833 bits per heavy atom. The van der Waals surface area contributed by atoms with E-state index in [0.29, 0.717) is 0 Å². The average molecular weight is 783 g/mol. The van der Waals surface area contributed by atoms with Gasteiger partial charge < -0.3 is 0 Å². The second-order valence-electron chi connectivity index (χ2n) is 19.9. The second-order valence-corrected chi connectivity index (χ2v) is 30.9. The fraction of sp³-hybridized carbons (Fsp3) is 0.870. The summed E-state index contributed by atoms with van der Waals surface area (Å²) in [6.07, 6.45) is 18.0. The minimum absolute atomic E-state index is 0.827. The molecule has 4 fully saturated rings. The van der Waals surface area contributed by atoms with Crippen molar-refractivity contribution in [3.8, 4) is 0 Å². The summed E-state index contributed by atoms with van der Waals surface area (Å²) in [5.74, 6) is 10.7. The van der Waals surface area contributed by atoms with Gasteiger partial charge in [-0.25, -0.2) is 0 Å². The standard InChI is InChI=1S/C46H80As2/c1-29(2)37-21-17-33(9)25-43(37)47(44-26-34(10)18-22-38(44)30(3)4)41-15-13-14-16-42(41)48(45-27-35(11)19-23-39(45)31(5)6)46-28-36(12)20-24-40(46)32(7)8/h13-16,29-40,43-46H,17-28H2,1-12H3. The fourth-order valence-electron chi connectivity index (χ4n) is 12.0. The molecule has 2 heteroatoms. The molecule has 12 atom stereocenters. The summed E-state index contributed by atoms with van der Waals surface area (Å²) < 4.78 is 8.11. The van der Waals surface area contributed by atoms with Crippen LogP contribution in [0.25, 0.3) is 0 Å². The van der Waals surface area contributed by atoms with Gasteiger partial charge in [-0.05, 0) is 0 Å². The molecule has 0 aliphatic heterocycles. The van der Waals surface area contributed by atoms with Gasteiger partial charge in [0, 0.05) is 0 Å². The molecule has 0 nitrogen and oxygen atoms in total. The van der Waals surface area contributed by atoms with Crippen molar-refractivity contribution in [2.45, 2.75) is 179 Å². The SMILES string of the molecule is CC1CCC(C(C)C)C([As](c2ccccc2[As](C2CC(C)CCC2C(C)C)C2CC(C)CCC2C(C)C)C2CC(C)CCC2C(C)C)C1. The average Bonchev–Trinajstić information content (AvgIpc) is 3.02. The molecular formula is C46H80As2. The first kappa shape index (κ1) is 39.5. The van der Waals surface area contributed by atoms with Gasteiger partial charge in [0.05, 0.1) is 0 Å². The zero-order valence-corrected chi connectivity index (χ0v) is 37.7. The molecule has 0 saturated heterocycles. The maximum atomic E-state index is 2.84. The Morgan fingerprint density at radius 2 is 0.625 bits per heavy atom. The molecule has 0 N–H and O–H groups in total. The van der Waals surface area contributed by atoms with E-state index in [1.165, 1.54) is 77.0 Å². The van der Waals surface area contributed by atoms with Gasteiger partial charge in [0.25, 0.3) is 0 Å². The first-order chi connectivity index (χ1) is 22.8. The van der Waals surface area contributed by atoms with Crippen molar-refractivity contribution in [2.75, 3.05) is 0 Å². The van der Waals surface area contributed by atoms with E-state index in [1.807, 2.05) is 0 Å². The third-order valence-corrected chi connectivity index (χ3v) is 30.6. The van der Waals surface area contributed by atoms with Gasteiger partial charge in [-0.2, -0.15) is 0 Å². The molecule has 0 spiro atoms. The quantitative estimate of drug-likeness (QED) is 0.207. The van der Waals surface area contributed by atoms with Crippen molar-refractivity contribution in [2.24, 2.45) is 71.0 Å². The van der Waals surface area contributed by atoms with Crippen LogP contribution in [0.5, 0.6) is 0 Å². The van der Waals surface area contributed by atoms with Crippen molar-refractivity contribution >= 4 is 38.0 Å². The van der Waals surface area contributed by atoms with Crippen LogP contribution < -0.4 is 8.70 Å². The molecule has 1 aromatic rings. The van der Waals surface area contributed by atoms with Crippen molar-refractivity contribution in [3.63, 3.8) is 0 Å². The van der Waals surface area contributed by atoms with Crippen LogP contribution in [0, 0.1) is 71.0 Å². The van der Waals surface area contributed by atoms with E-state index in [0.717, 1.165) is 89.8 Å². The molecular weight excluding hydrogens is 702 g/mol. The van der Waals surface area contributed by atoms with Crippen LogP contribution in [0.3, 0.4) is 0 Å². The minimum atomic E-state index is -1.45. The summed E-state index contributed by atoms with van der Waals surface area (Å²) in [5, 5.41) is 0. The van der Waals surface area contributed by atoms with Gasteiger partial charge in [-0.1, -0.05) is 0 Å². The van der Waals surface area contributed by atoms with Crippen LogP contribution in [-0.2, 0) is 0 Å². The van der Waals surface area contributed by atoms with E-state index in [9.17, 15) is 0 Å². The monoisotopic (exact) mass is 782 g/mol. The van der Waals surface area contributed by atoms with Gasteiger partial charge in [0.2, 0.25) is 0 Å². The van der Waals surface area contributed by atoms with E-state index < -0.39 is 29.3 Å². The molecule has 1 aromatic carbocycles. The van der Waals surface area contributed by atoms with Crippen LogP contribution in [0.4, 0.5) is 0 Å². The summed E-state index contributed by atoms with van der Waals surface area (Å²) >= 11 is -2.91. The Balaban J connectivity index is 1.74. The van der Waals surface area contributed by atoms with E-state index >= 15 is 0 Å². The van der Waals surface area contributed by atoms with Crippen molar-refractivity contribution in [3.05, 3.63) is 24.3 Å². The van der Waals surface area contributed by atoms with Crippen LogP contribution >= 0.6 is 0 Å². The molecule has 0 aromatic heterocycles. The van der Waals surface area contributed by atoms with Crippen molar-refractivity contribution in [1.29, 1.82) is 0 Å². The number of rotatable bonds is 10. The summed E-state index contributed by atoms with van der Waals surface area (Å²) in [6, 6.07) is 10.8. The van der Waals surface area contributed by atoms with Gasteiger partial charge in [0.15, 0.2) is 0 Å². The van der Waals surface area contributed by atoms with E-state index in [2.05, 4.69) is 116 Å². The third kappa shape index (κ3) is 8.92. The first-order valence-electron chi connectivity index (χ1n) is 21.4. The molecule has 12 unspecified atom stereocenters. The molecule has 5 rings (SSSR count). The van der Waals surface area contributed by atoms with E-state index in [-0.39, 0.29) is 0 Å². The maximum absolute atomic E-state index is 2.84. The first-order valence-corrected chi connectivity index (χ1v) is 27.6. The summed E-state index contributed by atoms with van der Waals surface area (Å²) in [5.41, 5.74) is 0. The third-order valence-electron chi connectivity index (χ3n) is 14.8. The predicted octanol–water partition coefficient (Wildman–Crippen LogP) is 12.9. The van der Waals surface area contributed by atoms with Crippen LogP contribution in [0.1, 0.15) is 160 Å². The number of hydrogen-bond acceptors (Lipinski definition) is 0. The van der Waals surface area contributed by atoms with Crippen LogP contribution in [0.2, 0.25) is 18.8 Å². The Labute approximate surface area is 310 Å². The predicted molar refractivity (Wildman–Crippen MR) is 218 cm³/mol. The molecule has 0 radical (unpaired) electrons. The molecule has 48 heavy (non-hydrogen) atoms. The molecule has 0 amide bonds. The zero-order chi connectivity index (χ0) is 34.9. The molecule has 274 valence electrons. The second kappa shape index (κ2) is 17.4. The molecule has 0 bridgehead atoms. The van der Waals surface area contributed by atoms with Gasteiger partial charge in [-0.3, -0.25) is 0 Å². The fourth-order valence-corrected chi connectivity index (χ4v) is 34.6. The summed E-state index contributed by atoms with van der Waals surface area (Å²) in [4.78, 5) is 0. The number of hydrogen-bond donors (Lipinski definition) is 0. The molecule has 0 heterocycles. The van der Waals surface area contributed by atoms with Gasteiger partial charge in [0.1, 0.15) is 0 Å². The molecule has 4 aliphatic rings. The van der Waals surface area contributed by atoms with Gasteiger partial charge >= 0.3 is 312 Å². The normalized spacial score (nSPS) is 39.7. The Bertz CT molecular complexity index is 970. The topological polar surface area (TPSA) is 0 Å². The Hall–Kier alpha value is 0.337. The van der Waals surface area contributed by atoms with Gasteiger partial charge in [-0.15, -0.1) is 0 Å².